The second-order valence-electron chi connectivity index (χ2n) is 9.51. The quantitative estimate of drug-likeness (QED) is 0.678. The van der Waals surface area contributed by atoms with Crippen molar-refractivity contribution in [1.29, 1.82) is 0 Å². The minimum absolute atomic E-state index is 0.0819. The second-order valence-corrected chi connectivity index (χ2v) is 9.51. The zero-order chi connectivity index (χ0) is 21.8. The lowest BCUT2D eigenvalue weighted by molar-refractivity contribution is 0.0728. The van der Waals surface area contributed by atoms with Gasteiger partial charge in [0.25, 0.3) is 5.91 Å². The van der Waals surface area contributed by atoms with Crippen LogP contribution in [0.5, 0.6) is 0 Å². The third-order valence-corrected chi connectivity index (χ3v) is 6.43. The number of hydrogen-bond acceptors (Lipinski definition) is 5. The van der Waals surface area contributed by atoms with Gasteiger partial charge in [-0.3, -0.25) is 9.59 Å². The summed E-state index contributed by atoms with van der Waals surface area (Å²) in [5.74, 6) is 1.80. The number of carbonyl (C=O) groups is 2. The van der Waals surface area contributed by atoms with E-state index in [4.69, 9.17) is 9.40 Å². The van der Waals surface area contributed by atoms with Gasteiger partial charge >= 0.3 is 0 Å². The van der Waals surface area contributed by atoms with Gasteiger partial charge in [0.15, 0.2) is 11.5 Å². The number of para-hydroxylation sites is 2. The number of aromatic nitrogens is 2. The molecule has 0 saturated carbocycles. The van der Waals surface area contributed by atoms with E-state index in [1.807, 2.05) is 36.1 Å². The number of aromatic amines is 1. The average molecular weight is 421 g/mol. The fourth-order valence-electron chi connectivity index (χ4n) is 4.85. The van der Waals surface area contributed by atoms with Crippen LogP contribution in [0.3, 0.4) is 0 Å². The van der Waals surface area contributed by atoms with Crippen molar-refractivity contribution in [3.05, 3.63) is 46.9 Å². The number of anilines is 1. The Bertz CT molecular complexity index is 1140. The van der Waals surface area contributed by atoms with Crippen molar-refractivity contribution in [2.24, 2.45) is 5.41 Å². The molecule has 0 spiro atoms. The van der Waals surface area contributed by atoms with E-state index in [9.17, 15) is 9.59 Å². The van der Waals surface area contributed by atoms with E-state index in [0.717, 1.165) is 29.9 Å². The highest BCUT2D eigenvalue weighted by Crippen LogP contribution is 2.38. The Hall–Kier alpha value is -3.09. The number of amides is 1. The number of H-pyrrole nitrogens is 1. The SMILES string of the molecule is Cc1c(C(=O)N2CCCN(c3nc4ccccc4[nH]3)CC2)oc2c1C(=O)CC(C)(C)C2. The molecule has 1 aliphatic carbocycles. The van der Waals surface area contributed by atoms with E-state index >= 15 is 0 Å². The molecule has 0 bridgehead atoms. The van der Waals surface area contributed by atoms with Crippen LogP contribution in [0.25, 0.3) is 11.0 Å². The maximum Gasteiger partial charge on any atom is 0.289 e. The molecule has 0 radical (unpaired) electrons. The summed E-state index contributed by atoms with van der Waals surface area (Å²) in [6, 6.07) is 7.98. The summed E-state index contributed by atoms with van der Waals surface area (Å²) in [5.41, 5.74) is 3.14. The third-order valence-electron chi connectivity index (χ3n) is 6.43. The lowest BCUT2D eigenvalue weighted by atomic mass is 9.76. The first-order valence-corrected chi connectivity index (χ1v) is 11.0. The molecule has 3 heterocycles. The smallest absolute Gasteiger partial charge is 0.289 e. The van der Waals surface area contributed by atoms with Gasteiger partial charge in [-0.2, -0.15) is 0 Å². The number of imidazole rings is 1. The van der Waals surface area contributed by atoms with Gasteiger partial charge in [-0.25, -0.2) is 4.98 Å². The van der Waals surface area contributed by atoms with Crippen molar-refractivity contribution in [3.8, 4) is 0 Å². The maximum atomic E-state index is 13.3. The summed E-state index contributed by atoms with van der Waals surface area (Å²) in [7, 11) is 0. The summed E-state index contributed by atoms with van der Waals surface area (Å²) in [4.78, 5) is 38.1. The van der Waals surface area contributed by atoms with Crippen LogP contribution < -0.4 is 4.90 Å². The van der Waals surface area contributed by atoms with Crippen molar-refractivity contribution < 1.29 is 14.0 Å². The van der Waals surface area contributed by atoms with Gasteiger partial charge in [-0.15, -0.1) is 0 Å². The predicted molar refractivity (Wildman–Crippen MR) is 119 cm³/mol. The summed E-state index contributed by atoms with van der Waals surface area (Å²) < 4.78 is 6.01. The zero-order valence-electron chi connectivity index (χ0n) is 18.3. The third kappa shape index (κ3) is 3.52. The van der Waals surface area contributed by atoms with Crippen molar-refractivity contribution in [2.75, 3.05) is 31.1 Å². The number of hydrogen-bond donors (Lipinski definition) is 1. The van der Waals surface area contributed by atoms with E-state index < -0.39 is 0 Å². The average Bonchev–Trinajstić information content (AvgIpc) is 3.18. The molecule has 31 heavy (non-hydrogen) atoms. The highest BCUT2D eigenvalue weighted by atomic mass is 16.4. The second kappa shape index (κ2) is 7.25. The lowest BCUT2D eigenvalue weighted by Crippen LogP contribution is -2.35. The van der Waals surface area contributed by atoms with Crippen molar-refractivity contribution in [1.82, 2.24) is 14.9 Å². The molecule has 0 unspecified atom stereocenters. The molecular formula is C24H28N4O3. The van der Waals surface area contributed by atoms with E-state index in [2.05, 4.69) is 23.7 Å². The summed E-state index contributed by atoms with van der Waals surface area (Å²) in [6.45, 7) is 8.72. The van der Waals surface area contributed by atoms with Crippen LogP contribution in [0.2, 0.25) is 0 Å². The van der Waals surface area contributed by atoms with Gasteiger partial charge < -0.3 is 19.2 Å². The van der Waals surface area contributed by atoms with Crippen LogP contribution in [0.1, 0.15) is 58.9 Å². The van der Waals surface area contributed by atoms with Gasteiger partial charge in [0.1, 0.15) is 5.76 Å². The van der Waals surface area contributed by atoms with Crippen molar-refractivity contribution in [2.45, 2.75) is 40.0 Å². The van der Waals surface area contributed by atoms with Gasteiger partial charge in [0.05, 0.1) is 16.6 Å². The fraction of sp³-hybridized carbons (Fsp3) is 0.458. The molecule has 162 valence electrons. The summed E-state index contributed by atoms with van der Waals surface area (Å²) in [5, 5.41) is 0. The number of nitrogens with one attached hydrogen (secondary N) is 1. The van der Waals surface area contributed by atoms with Crippen molar-refractivity contribution >= 4 is 28.7 Å². The molecule has 1 saturated heterocycles. The van der Waals surface area contributed by atoms with Gasteiger partial charge in [0.2, 0.25) is 5.95 Å². The van der Waals surface area contributed by atoms with Crippen molar-refractivity contribution in [3.63, 3.8) is 0 Å². The Morgan fingerprint density at radius 2 is 1.94 bits per heavy atom. The zero-order valence-corrected chi connectivity index (χ0v) is 18.3. The van der Waals surface area contributed by atoms with Crippen LogP contribution in [0.4, 0.5) is 5.95 Å². The number of nitrogens with zero attached hydrogens (tertiary/aromatic N) is 3. The Morgan fingerprint density at radius 3 is 2.74 bits per heavy atom. The van der Waals surface area contributed by atoms with Crippen LogP contribution in [0.15, 0.2) is 28.7 Å². The summed E-state index contributed by atoms with van der Waals surface area (Å²) in [6.07, 6.45) is 2.01. The number of ketones is 1. The standard InChI is InChI=1S/C24H28N4O3/c1-15-20-18(29)13-24(2,3)14-19(20)31-21(15)22(30)27-9-6-10-28(12-11-27)23-25-16-7-4-5-8-17(16)26-23/h4-5,7-8H,6,9-14H2,1-3H3,(H,25,26). The first kappa shape index (κ1) is 19.8. The first-order chi connectivity index (χ1) is 14.8. The maximum absolute atomic E-state index is 13.3. The minimum atomic E-state index is -0.135. The van der Waals surface area contributed by atoms with Crippen LogP contribution in [-0.4, -0.2) is 52.7 Å². The molecule has 1 amide bonds. The first-order valence-electron chi connectivity index (χ1n) is 11.0. The van der Waals surface area contributed by atoms with E-state index in [-0.39, 0.29) is 17.1 Å². The molecule has 3 aromatic rings. The largest absolute Gasteiger partial charge is 0.455 e. The molecule has 2 aromatic heterocycles. The normalized spacial score (nSPS) is 18.9. The number of benzene rings is 1. The predicted octanol–water partition coefficient (Wildman–Crippen LogP) is 3.97. The number of fused-ring (bicyclic) bond motifs is 2. The summed E-state index contributed by atoms with van der Waals surface area (Å²) >= 11 is 0. The molecule has 1 aliphatic heterocycles. The highest BCUT2D eigenvalue weighted by molar-refractivity contribution is 6.03. The molecule has 0 atom stereocenters. The molecule has 7 nitrogen and oxygen atoms in total. The number of furan rings is 1. The van der Waals surface area contributed by atoms with Gasteiger partial charge in [0, 0.05) is 44.6 Å². The molecule has 1 N–H and O–H groups in total. The Balaban J connectivity index is 1.35. The lowest BCUT2D eigenvalue weighted by Gasteiger charge is -2.27. The van der Waals surface area contributed by atoms with Crippen LogP contribution in [-0.2, 0) is 6.42 Å². The van der Waals surface area contributed by atoms with Crippen LogP contribution >= 0.6 is 0 Å². The van der Waals surface area contributed by atoms with E-state index in [0.29, 0.717) is 55.1 Å². The Kier molecular flexibility index (Phi) is 4.64. The number of Topliss-reactive ketones (excluding diaryl/α,β-unsaturated/α-hetero) is 1. The van der Waals surface area contributed by atoms with Gasteiger partial charge in [-0.1, -0.05) is 26.0 Å². The monoisotopic (exact) mass is 420 g/mol. The topological polar surface area (TPSA) is 82.4 Å². The number of rotatable bonds is 2. The Labute approximate surface area is 181 Å². The molecule has 7 heteroatoms. The van der Waals surface area contributed by atoms with Gasteiger partial charge in [-0.05, 0) is 30.9 Å². The fourth-order valence-corrected chi connectivity index (χ4v) is 4.85. The Morgan fingerprint density at radius 1 is 1.13 bits per heavy atom. The molecule has 1 aromatic carbocycles. The molecule has 1 fully saturated rings. The van der Waals surface area contributed by atoms with Crippen LogP contribution in [0, 0.1) is 12.3 Å². The highest BCUT2D eigenvalue weighted by Gasteiger charge is 2.38. The van der Waals surface area contributed by atoms with E-state index in [1.54, 1.807) is 0 Å². The van der Waals surface area contributed by atoms with E-state index in [1.165, 1.54) is 0 Å². The molecule has 2 aliphatic rings. The number of carbonyl (C=O) groups excluding carboxylic acids is 2. The molecular weight excluding hydrogens is 392 g/mol. The molecule has 5 rings (SSSR count). The minimum Gasteiger partial charge on any atom is -0.455 e.